The number of hydrogen-bond donors (Lipinski definition) is 1. The summed E-state index contributed by atoms with van der Waals surface area (Å²) in [6.07, 6.45) is 1.04. The molecule has 0 aliphatic carbocycles. The zero-order chi connectivity index (χ0) is 5.70. The predicted octanol–water partition coefficient (Wildman–Crippen LogP) is 0.504. The molecule has 0 saturated carbocycles. The molecule has 0 fully saturated rings. The van der Waals surface area contributed by atoms with Gasteiger partial charge in [-0.2, -0.15) is 0 Å². The highest BCUT2D eigenvalue weighted by Gasteiger charge is 1.75. The molecule has 0 saturated heterocycles. The molecule has 0 amide bonds. The maximum absolute atomic E-state index is 8.19. The van der Waals surface area contributed by atoms with Crippen LogP contribution in [0.5, 0.6) is 0 Å². The Morgan fingerprint density at radius 1 is 2.00 bits per heavy atom. The molecule has 1 N–H and O–H groups in total. The second-order valence-corrected chi connectivity index (χ2v) is 1.17. The summed E-state index contributed by atoms with van der Waals surface area (Å²) in [4.78, 5) is 4.17. The van der Waals surface area contributed by atoms with Gasteiger partial charge in [-0.1, -0.05) is 5.16 Å². The minimum atomic E-state index is -0.276. The standard InChI is InChI=1S/C3H5NO2S/c1-6-4-2-3(5)7/h2H,1H3,(H,5,7). The minimum absolute atomic E-state index is 0.276. The van der Waals surface area contributed by atoms with Crippen molar-refractivity contribution in [2.75, 3.05) is 7.11 Å². The topological polar surface area (TPSA) is 41.8 Å². The van der Waals surface area contributed by atoms with Crippen molar-refractivity contribution in [3.63, 3.8) is 0 Å². The van der Waals surface area contributed by atoms with Crippen molar-refractivity contribution in [2.45, 2.75) is 0 Å². The van der Waals surface area contributed by atoms with Gasteiger partial charge in [0.05, 0.1) is 0 Å². The van der Waals surface area contributed by atoms with Crippen molar-refractivity contribution in [1.82, 2.24) is 0 Å². The van der Waals surface area contributed by atoms with Gasteiger partial charge in [-0.15, -0.1) is 0 Å². The largest absolute Gasteiger partial charge is 0.498 e. The summed E-state index contributed by atoms with van der Waals surface area (Å²) < 4.78 is 0. The van der Waals surface area contributed by atoms with Crippen LogP contribution in [0.4, 0.5) is 0 Å². The number of thiocarbonyl (C=S) groups is 1. The zero-order valence-electron chi connectivity index (χ0n) is 3.79. The summed E-state index contributed by atoms with van der Waals surface area (Å²) in [6, 6.07) is 0. The molecule has 0 aromatic carbocycles. The van der Waals surface area contributed by atoms with E-state index in [9.17, 15) is 0 Å². The van der Waals surface area contributed by atoms with E-state index in [2.05, 4.69) is 22.2 Å². The predicted molar refractivity (Wildman–Crippen MR) is 30.7 cm³/mol. The molecule has 4 heteroatoms. The highest BCUT2D eigenvalue weighted by Crippen LogP contribution is 1.65. The molecule has 0 aliphatic heterocycles. The van der Waals surface area contributed by atoms with Gasteiger partial charge in [-0.05, 0) is 12.2 Å². The molecule has 0 aromatic heterocycles. The summed E-state index contributed by atoms with van der Waals surface area (Å²) in [6.45, 7) is 0. The average Bonchev–Trinajstić information content (AvgIpc) is 1.61. The quantitative estimate of drug-likeness (QED) is 0.327. The lowest BCUT2D eigenvalue weighted by Crippen LogP contribution is -1.90. The SMILES string of the molecule is CON=CC(O)=S. The third kappa shape index (κ3) is 5.36. The zero-order valence-corrected chi connectivity index (χ0v) is 4.60. The van der Waals surface area contributed by atoms with Gasteiger partial charge < -0.3 is 9.94 Å². The van der Waals surface area contributed by atoms with Crippen LogP contribution in [-0.2, 0) is 4.84 Å². The Morgan fingerprint density at radius 2 is 2.57 bits per heavy atom. The van der Waals surface area contributed by atoms with Gasteiger partial charge in [0.2, 0.25) is 5.05 Å². The summed E-state index contributed by atoms with van der Waals surface area (Å²) in [7, 11) is 1.37. The first-order valence-corrected chi connectivity index (χ1v) is 1.97. The van der Waals surface area contributed by atoms with Crippen LogP contribution in [0.2, 0.25) is 0 Å². The molecule has 0 aliphatic rings. The Kier molecular flexibility index (Phi) is 3.22. The molecule has 0 spiro atoms. The molecule has 0 aromatic rings. The van der Waals surface area contributed by atoms with E-state index in [0.29, 0.717) is 0 Å². The summed E-state index contributed by atoms with van der Waals surface area (Å²) in [5.41, 5.74) is 0. The van der Waals surface area contributed by atoms with E-state index in [1.54, 1.807) is 0 Å². The van der Waals surface area contributed by atoms with Crippen LogP contribution < -0.4 is 0 Å². The second-order valence-electron chi connectivity index (χ2n) is 0.755. The Morgan fingerprint density at radius 3 is 2.71 bits per heavy atom. The molecule has 7 heavy (non-hydrogen) atoms. The first-order valence-electron chi connectivity index (χ1n) is 1.57. The number of aliphatic hydroxyl groups is 1. The van der Waals surface area contributed by atoms with Gasteiger partial charge in [0.25, 0.3) is 0 Å². The number of nitrogens with zero attached hydrogens (tertiary/aromatic N) is 1. The smallest absolute Gasteiger partial charge is 0.203 e. The molecule has 0 radical (unpaired) electrons. The molecule has 0 rings (SSSR count). The molecule has 0 unspecified atom stereocenters. The Hall–Kier alpha value is -0.640. The van der Waals surface area contributed by atoms with Gasteiger partial charge in [-0.25, -0.2) is 0 Å². The maximum atomic E-state index is 8.19. The monoisotopic (exact) mass is 119 g/mol. The number of hydrogen-bond acceptors (Lipinski definition) is 3. The van der Waals surface area contributed by atoms with Gasteiger partial charge in [0.1, 0.15) is 13.3 Å². The fraction of sp³-hybridized carbons (Fsp3) is 0.333. The third-order valence-corrected chi connectivity index (χ3v) is 0.374. The Balaban J connectivity index is 3.26. The molecule has 0 bridgehead atoms. The summed E-state index contributed by atoms with van der Waals surface area (Å²) in [5.74, 6) is 0. The molecule has 40 valence electrons. The normalized spacial score (nSPS) is 9.29. The molecular weight excluding hydrogens is 114 g/mol. The molecular formula is C3H5NO2S. The Labute approximate surface area is 46.6 Å². The number of rotatable bonds is 2. The first-order chi connectivity index (χ1) is 3.27. The maximum Gasteiger partial charge on any atom is 0.203 e. The van der Waals surface area contributed by atoms with Crippen molar-refractivity contribution in [3.8, 4) is 0 Å². The van der Waals surface area contributed by atoms with E-state index in [1.165, 1.54) is 7.11 Å². The van der Waals surface area contributed by atoms with Crippen LogP contribution in [0.1, 0.15) is 0 Å². The van der Waals surface area contributed by atoms with E-state index in [0.717, 1.165) is 6.21 Å². The van der Waals surface area contributed by atoms with E-state index in [-0.39, 0.29) is 5.05 Å². The summed E-state index contributed by atoms with van der Waals surface area (Å²) in [5, 5.41) is 11.1. The van der Waals surface area contributed by atoms with E-state index in [1.807, 2.05) is 0 Å². The lowest BCUT2D eigenvalue weighted by Gasteiger charge is -1.80. The average molecular weight is 119 g/mol. The van der Waals surface area contributed by atoms with Crippen LogP contribution in [0.3, 0.4) is 0 Å². The Bertz CT molecular complexity index is 90.9. The fourth-order valence-corrected chi connectivity index (χ4v) is 0.141. The van der Waals surface area contributed by atoms with Crippen LogP contribution >= 0.6 is 12.2 Å². The second kappa shape index (κ2) is 3.55. The number of aliphatic hydroxyl groups excluding tert-OH is 1. The van der Waals surface area contributed by atoms with E-state index in [4.69, 9.17) is 5.11 Å². The fourth-order valence-electron chi connectivity index (χ4n) is 0.0978. The first kappa shape index (κ1) is 6.36. The van der Waals surface area contributed by atoms with Crippen molar-refractivity contribution < 1.29 is 9.94 Å². The van der Waals surface area contributed by atoms with E-state index >= 15 is 0 Å². The van der Waals surface area contributed by atoms with Crippen molar-refractivity contribution in [3.05, 3.63) is 0 Å². The molecule has 0 atom stereocenters. The van der Waals surface area contributed by atoms with Gasteiger partial charge in [0, 0.05) is 0 Å². The van der Waals surface area contributed by atoms with Crippen LogP contribution in [0.25, 0.3) is 0 Å². The van der Waals surface area contributed by atoms with Gasteiger partial charge in [-0.3, -0.25) is 0 Å². The van der Waals surface area contributed by atoms with Gasteiger partial charge >= 0.3 is 0 Å². The van der Waals surface area contributed by atoms with Crippen LogP contribution in [-0.4, -0.2) is 23.5 Å². The highest BCUT2D eigenvalue weighted by atomic mass is 32.1. The van der Waals surface area contributed by atoms with Crippen molar-refractivity contribution >= 4 is 23.5 Å². The minimum Gasteiger partial charge on any atom is -0.498 e. The lowest BCUT2D eigenvalue weighted by atomic mass is 10.8. The summed E-state index contributed by atoms with van der Waals surface area (Å²) >= 11 is 4.19. The highest BCUT2D eigenvalue weighted by molar-refractivity contribution is 7.81. The van der Waals surface area contributed by atoms with E-state index < -0.39 is 0 Å². The van der Waals surface area contributed by atoms with Crippen LogP contribution in [0, 0.1) is 0 Å². The molecule has 3 nitrogen and oxygen atoms in total. The number of oxime groups is 1. The third-order valence-electron chi connectivity index (χ3n) is 0.269. The molecule has 0 heterocycles. The van der Waals surface area contributed by atoms with Crippen molar-refractivity contribution in [1.29, 1.82) is 0 Å². The van der Waals surface area contributed by atoms with Crippen LogP contribution in [0.15, 0.2) is 5.16 Å². The lowest BCUT2D eigenvalue weighted by molar-refractivity contribution is 0.215. The van der Waals surface area contributed by atoms with Gasteiger partial charge in [0.15, 0.2) is 0 Å². The van der Waals surface area contributed by atoms with Crippen molar-refractivity contribution in [2.24, 2.45) is 5.16 Å².